The molecule has 0 bridgehead atoms. The second-order valence-corrected chi connectivity index (χ2v) is 7.15. The minimum Gasteiger partial charge on any atom is -0.384 e. The van der Waals surface area contributed by atoms with Crippen LogP contribution in [0.5, 0.6) is 0 Å². The number of hydrogen-bond donors (Lipinski definition) is 0. The van der Waals surface area contributed by atoms with Gasteiger partial charge >= 0.3 is 0 Å². The molecule has 0 saturated carbocycles. The highest BCUT2D eigenvalue weighted by molar-refractivity contribution is 5.55. The highest BCUT2D eigenvalue weighted by Gasteiger charge is 2.18. The molecule has 0 amide bonds. The van der Waals surface area contributed by atoms with Crippen molar-refractivity contribution >= 4 is 11.5 Å². The fraction of sp³-hybridized carbons (Fsp3) is 0.429. The van der Waals surface area contributed by atoms with Crippen molar-refractivity contribution in [2.24, 2.45) is 0 Å². The van der Waals surface area contributed by atoms with E-state index in [0.29, 0.717) is 24.7 Å². The lowest BCUT2D eigenvalue weighted by molar-refractivity contribution is 0.199. The van der Waals surface area contributed by atoms with E-state index in [1.54, 1.807) is 13.3 Å². The lowest BCUT2D eigenvalue weighted by Crippen LogP contribution is -2.31. The van der Waals surface area contributed by atoms with Gasteiger partial charge in [-0.3, -0.25) is 4.98 Å². The first-order valence-corrected chi connectivity index (χ1v) is 9.93. The molecule has 4 rings (SSSR count). The van der Waals surface area contributed by atoms with Crippen molar-refractivity contribution in [1.82, 2.24) is 20.1 Å². The topological polar surface area (TPSA) is 80.4 Å². The standard InChI is InChI=1S/C21H26N6O2/c1-16-14-22-8-6-18(16)26-9-3-10-27(12-11-26)20-5-4-17(15-23-20)21-24-19(25-29-21)7-13-28-2/h4-6,8,14-15H,3,7,9-13H2,1-2H3. The number of pyridine rings is 2. The SMILES string of the molecule is COCCc1noc(-c2ccc(N3CCCN(c4ccncc4C)CC3)nc2)n1. The van der Waals surface area contributed by atoms with Crippen LogP contribution in [0.1, 0.15) is 17.8 Å². The molecule has 1 saturated heterocycles. The number of anilines is 2. The summed E-state index contributed by atoms with van der Waals surface area (Å²) in [4.78, 5) is 18.0. The summed E-state index contributed by atoms with van der Waals surface area (Å²) in [6.45, 7) is 6.58. The summed E-state index contributed by atoms with van der Waals surface area (Å²) < 4.78 is 10.4. The van der Waals surface area contributed by atoms with E-state index in [4.69, 9.17) is 9.26 Å². The fourth-order valence-electron chi connectivity index (χ4n) is 3.57. The zero-order chi connectivity index (χ0) is 20.1. The van der Waals surface area contributed by atoms with Crippen molar-refractivity contribution in [3.05, 3.63) is 48.2 Å². The van der Waals surface area contributed by atoms with Crippen LogP contribution in [0, 0.1) is 6.92 Å². The first-order valence-electron chi connectivity index (χ1n) is 9.93. The Balaban J connectivity index is 1.41. The van der Waals surface area contributed by atoms with Crippen molar-refractivity contribution in [2.45, 2.75) is 19.8 Å². The molecular formula is C21H26N6O2. The normalized spacial score (nSPS) is 14.8. The zero-order valence-corrected chi connectivity index (χ0v) is 16.9. The molecule has 4 heterocycles. The van der Waals surface area contributed by atoms with Crippen LogP contribution < -0.4 is 9.80 Å². The number of aromatic nitrogens is 4. The van der Waals surface area contributed by atoms with E-state index < -0.39 is 0 Å². The first-order chi connectivity index (χ1) is 14.2. The van der Waals surface area contributed by atoms with Gasteiger partial charge in [0.1, 0.15) is 5.82 Å². The Bertz CT molecular complexity index is 927. The molecule has 0 N–H and O–H groups in total. The van der Waals surface area contributed by atoms with E-state index in [1.165, 1.54) is 11.3 Å². The number of hydrogen-bond acceptors (Lipinski definition) is 8. The Labute approximate surface area is 170 Å². The maximum absolute atomic E-state index is 5.35. The molecule has 152 valence electrons. The Morgan fingerprint density at radius 3 is 2.72 bits per heavy atom. The van der Waals surface area contributed by atoms with Gasteiger partial charge < -0.3 is 19.1 Å². The molecule has 1 aliphatic heterocycles. The van der Waals surface area contributed by atoms with E-state index in [9.17, 15) is 0 Å². The van der Waals surface area contributed by atoms with E-state index in [1.807, 2.05) is 24.5 Å². The third-order valence-electron chi connectivity index (χ3n) is 5.14. The number of aryl methyl sites for hydroxylation is 1. The maximum atomic E-state index is 5.35. The summed E-state index contributed by atoms with van der Waals surface area (Å²) in [7, 11) is 1.66. The molecule has 0 aliphatic carbocycles. The molecule has 8 nitrogen and oxygen atoms in total. The third kappa shape index (κ3) is 4.54. The quantitative estimate of drug-likeness (QED) is 0.631. The van der Waals surface area contributed by atoms with Gasteiger partial charge in [0.15, 0.2) is 5.82 Å². The third-order valence-corrected chi connectivity index (χ3v) is 5.14. The molecule has 3 aromatic heterocycles. The lowest BCUT2D eigenvalue weighted by atomic mass is 10.2. The molecule has 0 spiro atoms. The molecule has 0 unspecified atom stereocenters. The summed E-state index contributed by atoms with van der Waals surface area (Å²) >= 11 is 0. The summed E-state index contributed by atoms with van der Waals surface area (Å²) in [5, 5.41) is 3.98. The van der Waals surface area contributed by atoms with Gasteiger partial charge in [-0.05, 0) is 37.1 Å². The Hall–Kier alpha value is -3.00. The number of nitrogens with zero attached hydrogens (tertiary/aromatic N) is 6. The van der Waals surface area contributed by atoms with Crippen molar-refractivity contribution in [3.63, 3.8) is 0 Å². The van der Waals surface area contributed by atoms with Gasteiger partial charge in [-0.15, -0.1) is 0 Å². The second-order valence-electron chi connectivity index (χ2n) is 7.15. The van der Waals surface area contributed by atoms with Crippen LogP contribution >= 0.6 is 0 Å². The average Bonchev–Trinajstić information content (AvgIpc) is 3.09. The van der Waals surface area contributed by atoms with Crippen molar-refractivity contribution < 1.29 is 9.26 Å². The number of rotatable bonds is 6. The average molecular weight is 394 g/mol. The van der Waals surface area contributed by atoms with Crippen LogP contribution in [0.3, 0.4) is 0 Å². The van der Waals surface area contributed by atoms with Gasteiger partial charge in [-0.1, -0.05) is 5.16 Å². The summed E-state index contributed by atoms with van der Waals surface area (Å²) in [5.41, 5.74) is 3.31. The minimum absolute atomic E-state index is 0.491. The molecule has 8 heteroatoms. The predicted molar refractivity (Wildman–Crippen MR) is 111 cm³/mol. The Morgan fingerprint density at radius 1 is 1.07 bits per heavy atom. The maximum Gasteiger partial charge on any atom is 0.259 e. The summed E-state index contributed by atoms with van der Waals surface area (Å²) in [6.07, 6.45) is 7.31. The van der Waals surface area contributed by atoms with Crippen LogP contribution in [-0.4, -0.2) is 60.0 Å². The smallest absolute Gasteiger partial charge is 0.259 e. The van der Waals surface area contributed by atoms with Gasteiger partial charge in [0, 0.05) is 64.0 Å². The van der Waals surface area contributed by atoms with Crippen molar-refractivity contribution in [3.8, 4) is 11.5 Å². The summed E-state index contributed by atoms with van der Waals surface area (Å²) in [5.74, 6) is 2.11. The summed E-state index contributed by atoms with van der Waals surface area (Å²) in [6, 6.07) is 6.12. The lowest BCUT2D eigenvalue weighted by Gasteiger charge is -2.25. The van der Waals surface area contributed by atoms with E-state index in [2.05, 4.69) is 42.9 Å². The van der Waals surface area contributed by atoms with Gasteiger partial charge in [0.2, 0.25) is 0 Å². The minimum atomic E-state index is 0.491. The van der Waals surface area contributed by atoms with E-state index in [-0.39, 0.29) is 0 Å². The van der Waals surface area contributed by atoms with Crippen LogP contribution in [0.15, 0.2) is 41.3 Å². The molecular weight excluding hydrogens is 368 g/mol. The van der Waals surface area contributed by atoms with Crippen molar-refractivity contribution in [2.75, 3.05) is 49.7 Å². The number of methoxy groups -OCH3 is 1. The fourth-order valence-corrected chi connectivity index (χ4v) is 3.57. The molecule has 3 aromatic rings. The van der Waals surface area contributed by atoms with Crippen LogP contribution in [0.25, 0.3) is 11.5 Å². The van der Waals surface area contributed by atoms with E-state index in [0.717, 1.165) is 44.0 Å². The van der Waals surface area contributed by atoms with Gasteiger partial charge in [-0.2, -0.15) is 4.98 Å². The van der Waals surface area contributed by atoms with E-state index >= 15 is 0 Å². The predicted octanol–water partition coefficient (Wildman–Crippen LogP) is 2.74. The molecule has 29 heavy (non-hydrogen) atoms. The Kier molecular flexibility index (Phi) is 6.00. The number of ether oxygens (including phenoxy) is 1. The van der Waals surface area contributed by atoms with Gasteiger partial charge in [0.25, 0.3) is 5.89 Å². The van der Waals surface area contributed by atoms with Crippen LogP contribution in [-0.2, 0) is 11.2 Å². The largest absolute Gasteiger partial charge is 0.384 e. The highest BCUT2D eigenvalue weighted by Crippen LogP contribution is 2.23. The van der Waals surface area contributed by atoms with Gasteiger partial charge in [-0.25, -0.2) is 4.98 Å². The molecule has 0 aromatic carbocycles. The molecule has 1 aliphatic rings. The monoisotopic (exact) mass is 394 g/mol. The first kappa shape index (κ1) is 19.3. The molecule has 0 atom stereocenters. The molecule has 0 radical (unpaired) electrons. The van der Waals surface area contributed by atoms with Gasteiger partial charge in [0.05, 0.1) is 12.2 Å². The van der Waals surface area contributed by atoms with Crippen molar-refractivity contribution in [1.29, 1.82) is 0 Å². The Morgan fingerprint density at radius 2 is 1.93 bits per heavy atom. The highest BCUT2D eigenvalue weighted by atomic mass is 16.5. The zero-order valence-electron chi connectivity index (χ0n) is 16.9. The van der Waals surface area contributed by atoms with Crippen LogP contribution in [0.2, 0.25) is 0 Å². The second kappa shape index (κ2) is 9.00. The van der Waals surface area contributed by atoms with Crippen LogP contribution in [0.4, 0.5) is 11.5 Å². The molecule has 1 fully saturated rings.